The molecule has 5 heteroatoms. The van der Waals surface area contributed by atoms with Gasteiger partial charge in [0.1, 0.15) is 6.04 Å². The lowest BCUT2D eigenvalue weighted by Gasteiger charge is -2.23. The third-order valence-electron chi connectivity index (χ3n) is 4.88. The molecule has 1 fully saturated rings. The van der Waals surface area contributed by atoms with Gasteiger partial charge in [-0.05, 0) is 47.3 Å². The molecule has 0 saturated carbocycles. The summed E-state index contributed by atoms with van der Waals surface area (Å²) < 4.78 is 6.21. The van der Waals surface area contributed by atoms with Crippen molar-refractivity contribution < 1.29 is 14.3 Å². The lowest BCUT2D eigenvalue weighted by atomic mass is 10.1. The number of hydrogen-bond acceptors (Lipinski definition) is 3. The van der Waals surface area contributed by atoms with E-state index in [9.17, 15) is 9.59 Å². The Morgan fingerprint density at radius 1 is 1.12 bits per heavy atom. The number of nitrogens with zero attached hydrogens (tertiary/aromatic N) is 1. The van der Waals surface area contributed by atoms with Gasteiger partial charge in [0.15, 0.2) is 0 Å². The first-order valence-electron chi connectivity index (χ1n) is 9.87. The zero-order chi connectivity index (χ0) is 18.8. The van der Waals surface area contributed by atoms with Gasteiger partial charge in [-0.2, -0.15) is 0 Å². The molecule has 1 heterocycles. The molecule has 1 aliphatic heterocycles. The van der Waals surface area contributed by atoms with Crippen molar-refractivity contribution in [1.29, 1.82) is 0 Å². The Hall–Kier alpha value is -1.36. The third-order valence-corrected chi connectivity index (χ3v) is 5.57. The molecule has 0 N–H and O–H groups in total. The quantitative estimate of drug-likeness (QED) is 0.376. The molecular weight excluding hydrogens is 394 g/mol. The highest BCUT2D eigenvalue weighted by Crippen LogP contribution is 2.25. The molecule has 144 valence electrons. The Bertz CT molecular complexity index is 590. The summed E-state index contributed by atoms with van der Waals surface area (Å²) in [6.07, 6.45) is 9.85. The number of rotatable bonds is 10. The average Bonchev–Trinajstić information content (AvgIpc) is 3.13. The lowest BCUT2D eigenvalue weighted by molar-refractivity contribution is -0.148. The number of hydrogen-bond donors (Lipinski definition) is 0. The number of halogens is 1. The smallest absolute Gasteiger partial charge is 0.328 e. The highest BCUT2D eigenvalue weighted by atomic mass is 79.9. The van der Waals surface area contributed by atoms with Crippen LogP contribution in [-0.4, -0.2) is 36.0 Å². The van der Waals surface area contributed by atoms with Gasteiger partial charge in [-0.1, -0.05) is 57.6 Å². The molecule has 0 aliphatic carbocycles. The van der Waals surface area contributed by atoms with Crippen LogP contribution in [0.25, 0.3) is 0 Å². The number of likely N-dealkylation sites (tertiary alicyclic amines) is 1. The summed E-state index contributed by atoms with van der Waals surface area (Å²) in [6, 6.07) is 6.89. The molecule has 0 bridgehead atoms. The van der Waals surface area contributed by atoms with Crippen LogP contribution in [0.4, 0.5) is 0 Å². The zero-order valence-electron chi connectivity index (χ0n) is 15.7. The topological polar surface area (TPSA) is 46.6 Å². The second-order valence-electron chi connectivity index (χ2n) is 6.93. The summed E-state index contributed by atoms with van der Waals surface area (Å²) in [5, 5.41) is 0. The molecule has 1 saturated heterocycles. The van der Waals surface area contributed by atoms with E-state index in [2.05, 4.69) is 22.9 Å². The molecule has 1 aromatic carbocycles. The van der Waals surface area contributed by atoms with Crippen molar-refractivity contribution in [2.45, 2.75) is 70.8 Å². The van der Waals surface area contributed by atoms with Gasteiger partial charge >= 0.3 is 5.97 Å². The fourth-order valence-corrected chi connectivity index (χ4v) is 3.83. The molecule has 1 amide bonds. The number of amides is 1. The van der Waals surface area contributed by atoms with Crippen LogP contribution < -0.4 is 0 Å². The van der Waals surface area contributed by atoms with E-state index in [1.54, 1.807) is 11.0 Å². The molecule has 4 nitrogen and oxygen atoms in total. The van der Waals surface area contributed by atoms with Gasteiger partial charge in [0, 0.05) is 11.0 Å². The van der Waals surface area contributed by atoms with E-state index < -0.39 is 6.04 Å². The fourth-order valence-electron chi connectivity index (χ4n) is 3.37. The van der Waals surface area contributed by atoms with Crippen LogP contribution in [0.1, 0.15) is 75.1 Å². The second kappa shape index (κ2) is 11.4. The van der Waals surface area contributed by atoms with Crippen molar-refractivity contribution in [2.75, 3.05) is 13.2 Å². The maximum absolute atomic E-state index is 12.8. The molecule has 1 unspecified atom stereocenters. The fraction of sp³-hybridized carbons (Fsp3) is 0.619. The van der Waals surface area contributed by atoms with Gasteiger partial charge in [-0.25, -0.2) is 4.79 Å². The van der Waals surface area contributed by atoms with Crippen LogP contribution in [0.15, 0.2) is 28.7 Å². The molecule has 0 aromatic heterocycles. The van der Waals surface area contributed by atoms with E-state index in [0.717, 1.165) is 23.7 Å². The molecule has 1 aromatic rings. The van der Waals surface area contributed by atoms with E-state index in [0.29, 0.717) is 25.1 Å². The van der Waals surface area contributed by atoms with E-state index >= 15 is 0 Å². The molecule has 1 aliphatic rings. The largest absolute Gasteiger partial charge is 0.464 e. The van der Waals surface area contributed by atoms with Crippen LogP contribution in [0.3, 0.4) is 0 Å². The van der Waals surface area contributed by atoms with Crippen molar-refractivity contribution in [3.63, 3.8) is 0 Å². The third kappa shape index (κ3) is 6.11. The van der Waals surface area contributed by atoms with E-state index in [1.165, 1.54) is 32.1 Å². The van der Waals surface area contributed by atoms with Crippen molar-refractivity contribution >= 4 is 27.8 Å². The molecule has 2 rings (SSSR count). The van der Waals surface area contributed by atoms with Gasteiger partial charge in [-0.3, -0.25) is 4.79 Å². The van der Waals surface area contributed by atoms with E-state index in [-0.39, 0.29) is 11.9 Å². The van der Waals surface area contributed by atoms with Crippen molar-refractivity contribution in [3.05, 3.63) is 34.3 Å². The number of carbonyl (C=O) groups is 2. The Morgan fingerprint density at radius 3 is 2.54 bits per heavy atom. The van der Waals surface area contributed by atoms with Gasteiger partial charge in [0.2, 0.25) is 0 Å². The maximum Gasteiger partial charge on any atom is 0.328 e. The average molecular weight is 424 g/mol. The second-order valence-corrected chi connectivity index (χ2v) is 7.78. The number of unbranched alkanes of at least 4 members (excludes halogenated alkanes) is 6. The van der Waals surface area contributed by atoms with Crippen LogP contribution in [0.5, 0.6) is 0 Å². The zero-order valence-corrected chi connectivity index (χ0v) is 17.3. The minimum Gasteiger partial charge on any atom is -0.464 e. The van der Waals surface area contributed by atoms with Crippen molar-refractivity contribution in [3.8, 4) is 0 Å². The highest BCUT2D eigenvalue weighted by Gasteiger charge is 2.36. The first-order valence-corrected chi connectivity index (χ1v) is 10.7. The summed E-state index contributed by atoms with van der Waals surface area (Å²) in [4.78, 5) is 26.9. The predicted molar refractivity (Wildman–Crippen MR) is 107 cm³/mol. The van der Waals surface area contributed by atoms with E-state index in [1.807, 2.05) is 18.2 Å². The molecule has 0 radical (unpaired) electrons. The number of carbonyl (C=O) groups excluding carboxylic acids is 2. The SMILES string of the molecule is CCCCCCCCCOC(=O)C1CCCN1C(=O)c1ccccc1Br. The standard InChI is InChI=1S/C21H30BrNO3/c1-2-3-4-5-6-7-10-16-26-21(25)19-14-11-15-23(19)20(24)17-12-8-9-13-18(17)22/h8-9,12-13,19H,2-7,10-11,14-16H2,1H3. The first kappa shape index (κ1) is 20.9. The van der Waals surface area contributed by atoms with Crippen LogP contribution in [0, 0.1) is 0 Å². The minimum atomic E-state index is -0.445. The van der Waals surface area contributed by atoms with Crippen molar-refractivity contribution in [1.82, 2.24) is 4.90 Å². The minimum absolute atomic E-state index is 0.104. The summed E-state index contributed by atoms with van der Waals surface area (Å²) in [5.41, 5.74) is 0.597. The molecule has 26 heavy (non-hydrogen) atoms. The predicted octanol–water partition coefficient (Wildman–Crippen LogP) is 5.35. The molecule has 1 atom stereocenters. The summed E-state index contributed by atoms with van der Waals surface area (Å²) in [6.45, 7) is 3.28. The van der Waals surface area contributed by atoms with Gasteiger partial charge in [0.05, 0.1) is 12.2 Å². The van der Waals surface area contributed by atoms with Gasteiger partial charge < -0.3 is 9.64 Å². The Labute approximate surface area is 165 Å². The Morgan fingerprint density at radius 2 is 1.81 bits per heavy atom. The monoisotopic (exact) mass is 423 g/mol. The number of esters is 1. The molecular formula is C21H30BrNO3. The number of ether oxygens (including phenoxy) is 1. The van der Waals surface area contributed by atoms with Crippen LogP contribution >= 0.6 is 15.9 Å². The van der Waals surface area contributed by atoms with Crippen molar-refractivity contribution in [2.24, 2.45) is 0 Å². The Kier molecular flexibility index (Phi) is 9.16. The van der Waals surface area contributed by atoms with Crippen LogP contribution in [0.2, 0.25) is 0 Å². The Balaban J connectivity index is 1.76. The van der Waals surface area contributed by atoms with E-state index in [4.69, 9.17) is 4.74 Å². The molecule has 0 spiro atoms. The highest BCUT2D eigenvalue weighted by molar-refractivity contribution is 9.10. The lowest BCUT2D eigenvalue weighted by Crippen LogP contribution is -2.41. The summed E-state index contributed by atoms with van der Waals surface area (Å²) >= 11 is 3.42. The number of benzene rings is 1. The summed E-state index contributed by atoms with van der Waals surface area (Å²) in [5.74, 6) is -0.360. The first-order chi connectivity index (χ1) is 12.6. The normalized spacial score (nSPS) is 16.7. The summed E-state index contributed by atoms with van der Waals surface area (Å²) in [7, 11) is 0. The maximum atomic E-state index is 12.8. The van der Waals surface area contributed by atoms with Crippen LogP contribution in [-0.2, 0) is 9.53 Å². The van der Waals surface area contributed by atoms with Gasteiger partial charge in [-0.15, -0.1) is 0 Å². The van der Waals surface area contributed by atoms with Gasteiger partial charge in [0.25, 0.3) is 5.91 Å².